The van der Waals surface area contributed by atoms with Gasteiger partial charge in [-0.2, -0.15) is 0 Å². The van der Waals surface area contributed by atoms with Gasteiger partial charge in [0.2, 0.25) is 5.91 Å². The van der Waals surface area contributed by atoms with Crippen LogP contribution < -0.4 is 10.1 Å². The Labute approximate surface area is 198 Å². The van der Waals surface area contributed by atoms with E-state index in [4.69, 9.17) is 9.47 Å². The van der Waals surface area contributed by atoms with Crippen LogP contribution in [0.3, 0.4) is 0 Å². The molecule has 0 aliphatic carbocycles. The Kier molecular flexibility index (Phi) is 8.01. The van der Waals surface area contributed by atoms with Crippen molar-refractivity contribution < 1.29 is 14.3 Å². The third-order valence-electron chi connectivity index (χ3n) is 5.50. The van der Waals surface area contributed by atoms with Gasteiger partial charge in [-0.25, -0.2) is 0 Å². The number of rotatable bonds is 9. The van der Waals surface area contributed by atoms with E-state index in [1.165, 1.54) is 17.3 Å². The summed E-state index contributed by atoms with van der Waals surface area (Å²) in [4.78, 5) is 12.7. The second-order valence-corrected chi connectivity index (χ2v) is 9.00. The fourth-order valence-corrected chi connectivity index (χ4v) is 4.61. The number of thioether (sulfide) groups is 1. The van der Waals surface area contributed by atoms with Crippen molar-refractivity contribution in [3.8, 4) is 17.1 Å². The molecule has 4 rings (SSSR count). The molecule has 0 bridgehead atoms. The van der Waals surface area contributed by atoms with E-state index in [1.54, 1.807) is 0 Å². The smallest absolute Gasteiger partial charge is 0.234 e. The van der Waals surface area contributed by atoms with E-state index >= 15 is 0 Å². The number of hydrogen-bond acceptors (Lipinski definition) is 6. The molecule has 0 spiro atoms. The number of aryl methyl sites for hydroxylation is 1. The highest BCUT2D eigenvalue weighted by molar-refractivity contribution is 7.99. The summed E-state index contributed by atoms with van der Waals surface area (Å²) in [7, 11) is 0. The summed E-state index contributed by atoms with van der Waals surface area (Å²) in [5, 5.41) is 12.4. The Morgan fingerprint density at radius 1 is 1.21 bits per heavy atom. The second kappa shape index (κ2) is 11.3. The highest BCUT2D eigenvalue weighted by atomic mass is 32.2. The van der Waals surface area contributed by atoms with Gasteiger partial charge in [0.05, 0.1) is 17.5 Å². The summed E-state index contributed by atoms with van der Waals surface area (Å²) in [6.07, 6.45) is 3.39. The second-order valence-electron chi connectivity index (χ2n) is 8.05. The maximum absolute atomic E-state index is 12.7. The van der Waals surface area contributed by atoms with Gasteiger partial charge in [0.1, 0.15) is 12.4 Å². The number of para-hydroxylation sites is 2. The number of carbonyl (C=O) groups is 1. The monoisotopic (exact) mass is 466 g/mol. The van der Waals surface area contributed by atoms with Crippen LogP contribution in [0.2, 0.25) is 0 Å². The quantitative estimate of drug-likeness (QED) is 0.450. The maximum Gasteiger partial charge on any atom is 0.234 e. The van der Waals surface area contributed by atoms with Gasteiger partial charge >= 0.3 is 0 Å². The zero-order valence-electron chi connectivity index (χ0n) is 19.1. The number of anilines is 1. The largest absolute Gasteiger partial charge is 0.489 e. The summed E-state index contributed by atoms with van der Waals surface area (Å²) in [6.45, 7) is 6.11. The third-order valence-corrected chi connectivity index (χ3v) is 6.47. The summed E-state index contributed by atoms with van der Waals surface area (Å²) in [6, 6.07) is 15.7. The molecule has 1 aliphatic heterocycles. The molecule has 0 saturated carbocycles. The molecule has 1 atom stereocenters. The van der Waals surface area contributed by atoms with Crippen molar-refractivity contribution in [1.29, 1.82) is 0 Å². The number of hydrogen-bond donors (Lipinski definition) is 1. The minimum atomic E-state index is -0.118. The number of aromatic nitrogens is 3. The van der Waals surface area contributed by atoms with Gasteiger partial charge in [0.15, 0.2) is 11.0 Å². The molecule has 2 heterocycles. The van der Waals surface area contributed by atoms with E-state index in [9.17, 15) is 4.79 Å². The van der Waals surface area contributed by atoms with Gasteiger partial charge in [-0.15, -0.1) is 10.2 Å². The average Bonchev–Trinajstić information content (AvgIpc) is 3.26. The van der Waals surface area contributed by atoms with Crippen LogP contribution in [-0.2, 0) is 16.1 Å². The highest BCUT2D eigenvalue weighted by Crippen LogP contribution is 2.27. The van der Waals surface area contributed by atoms with Crippen molar-refractivity contribution in [2.75, 3.05) is 24.3 Å². The molecule has 1 amide bonds. The molecule has 1 aromatic heterocycles. The number of amides is 1. The van der Waals surface area contributed by atoms with E-state index in [1.807, 2.05) is 41.0 Å². The van der Waals surface area contributed by atoms with Crippen molar-refractivity contribution in [1.82, 2.24) is 14.8 Å². The van der Waals surface area contributed by atoms with E-state index in [0.29, 0.717) is 18.0 Å². The van der Waals surface area contributed by atoms with E-state index in [0.717, 1.165) is 49.0 Å². The van der Waals surface area contributed by atoms with E-state index in [-0.39, 0.29) is 17.8 Å². The molecule has 1 fully saturated rings. The van der Waals surface area contributed by atoms with Crippen LogP contribution in [0.15, 0.2) is 53.7 Å². The number of nitrogens with zero attached hydrogens (tertiary/aromatic N) is 3. The maximum atomic E-state index is 12.7. The molecule has 33 heavy (non-hydrogen) atoms. The molecular weight excluding hydrogens is 436 g/mol. The molecule has 2 aromatic carbocycles. The molecule has 1 N–H and O–H groups in total. The van der Waals surface area contributed by atoms with E-state index < -0.39 is 0 Å². The first-order valence-electron chi connectivity index (χ1n) is 11.4. The first kappa shape index (κ1) is 23.3. The third kappa shape index (κ3) is 6.15. The fourth-order valence-electron chi connectivity index (χ4n) is 3.81. The topological polar surface area (TPSA) is 78.3 Å². The number of benzene rings is 2. The van der Waals surface area contributed by atoms with Gasteiger partial charge in [-0.1, -0.05) is 47.7 Å². The van der Waals surface area contributed by atoms with Crippen LogP contribution in [0.4, 0.5) is 5.69 Å². The zero-order chi connectivity index (χ0) is 23.0. The summed E-state index contributed by atoms with van der Waals surface area (Å²) in [5.41, 5.74) is 2.85. The van der Waals surface area contributed by atoms with Crippen molar-refractivity contribution in [3.63, 3.8) is 0 Å². The van der Waals surface area contributed by atoms with Crippen LogP contribution in [0.5, 0.6) is 5.75 Å². The SMILES string of the molecule is CCn1c(SCC(=O)Nc2ccccc2OCC2CCCCO2)nnc1-c1cccc(C)c1. The highest BCUT2D eigenvalue weighted by Gasteiger charge is 2.17. The van der Waals surface area contributed by atoms with Crippen LogP contribution >= 0.6 is 11.8 Å². The predicted molar refractivity (Wildman–Crippen MR) is 131 cm³/mol. The van der Waals surface area contributed by atoms with Crippen molar-refractivity contribution in [2.45, 2.75) is 50.9 Å². The van der Waals surface area contributed by atoms with Crippen LogP contribution in [0.1, 0.15) is 31.7 Å². The lowest BCUT2D eigenvalue weighted by molar-refractivity contribution is -0.113. The van der Waals surface area contributed by atoms with Gasteiger partial charge in [-0.3, -0.25) is 4.79 Å². The van der Waals surface area contributed by atoms with Crippen LogP contribution in [0, 0.1) is 6.92 Å². The molecule has 1 unspecified atom stereocenters. The van der Waals surface area contributed by atoms with Gasteiger partial charge < -0.3 is 19.4 Å². The first-order valence-corrected chi connectivity index (χ1v) is 12.4. The summed E-state index contributed by atoms with van der Waals surface area (Å²) in [5.74, 6) is 1.58. The molecule has 0 radical (unpaired) electrons. The van der Waals surface area contributed by atoms with Crippen LogP contribution in [0.25, 0.3) is 11.4 Å². The lowest BCUT2D eigenvalue weighted by Crippen LogP contribution is -2.26. The lowest BCUT2D eigenvalue weighted by atomic mass is 10.1. The first-order chi connectivity index (χ1) is 16.1. The standard InChI is InChI=1S/C25H30N4O3S/c1-3-29-24(19-10-8-9-18(2)15-19)27-28-25(29)33-17-23(30)26-21-12-4-5-13-22(21)32-16-20-11-6-7-14-31-20/h4-5,8-10,12-13,15,20H,3,6-7,11,14,16-17H2,1-2H3,(H,26,30). The van der Waals surface area contributed by atoms with Crippen molar-refractivity contribution in [2.24, 2.45) is 0 Å². The number of ether oxygens (including phenoxy) is 2. The van der Waals surface area contributed by atoms with Crippen molar-refractivity contribution >= 4 is 23.4 Å². The number of carbonyl (C=O) groups excluding carboxylic acids is 1. The predicted octanol–water partition coefficient (Wildman–Crippen LogP) is 4.95. The zero-order valence-corrected chi connectivity index (χ0v) is 19.9. The normalized spacial score (nSPS) is 15.9. The summed E-state index contributed by atoms with van der Waals surface area (Å²) < 4.78 is 13.7. The minimum absolute atomic E-state index is 0.112. The Morgan fingerprint density at radius 3 is 2.88 bits per heavy atom. The van der Waals surface area contributed by atoms with Gasteiger partial charge in [0.25, 0.3) is 0 Å². The molecule has 174 valence electrons. The molecule has 1 aliphatic rings. The molecule has 8 heteroatoms. The molecule has 1 saturated heterocycles. The number of nitrogens with one attached hydrogen (secondary N) is 1. The lowest BCUT2D eigenvalue weighted by Gasteiger charge is -2.23. The molecule has 7 nitrogen and oxygen atoms in total. The minimum Gasteiger partial charge on any atom is -0.489 e. The van der Waals surface area contributed by atoms with Gasteiger partial charge in [0, 0.05) is 18.7 Å². The Balaban J connectivity index is 1.36. The average molecular weight is 467 g/mol. The molecular formula is C25H30N4O3S. The van der Waals surface area contributed by atoms with Crippen LogP contribution in [-0.4, -0.2) is 45.7 Å². The summed E-state index contributed by atoms with van der Waals surface area (Å²) >= 11 is 1.38. The van der Waals surface area contributed by atoms with Gasteiger partial charge in [-0.05, 0) is 51.3 Å². The van der Waals surface area contributed by atoms with E-state index in [2.05, 4.69) is 41.5 Å². The Bertz CT molecular complexity index is 1080. The Hall–Kier alpha value is -2.84. The molecule has 3 aromatic rings. The Morgan fingerprint density at radius 2 is 2.09 bits per heavy atom. The fraction of sp³-hybridized carbons (Fsp3) is 0.400. The van der Waals surface area contributed by atoms with Crippen molar-refractivity contribution in [3.05, 3.63) is 54.1 Å².